The third kappa shape index (κ3) is 5.56. The van der Waals surface area contributed by atoms with Crippen LogP contribution in [0.1, 0.15) is 30.4 Å². The Hall–Kier alpha value is -3.72. The molecule has 33 heavy (non-hydrogen) atoms. The number of methoxy groups -OCH3 is 1. The number of amides is 1. The zero-order chi connectivity index (χ0) is 24.0. The number of benzene rings is 2. The lowest BCUT2D eigenvalue weighted by atomic mass is 9.98. The molecule has 0 unspecified atom stereocenters. The second kappa shape index (κ2) is 10.7. The van der Waals surface area contributed by atoms with E-state index in [4.69, 9.17) is 4.74 Å². The number of fused-ring (bicyclic) bond motifs is 3. The Morgan fingerprint density at radius 3 is 2.18 bits per heavy atom. The molecule has 174 valence electrons. The van der Waals surface area contributed by atoms with E-state index >= 15 is 0 Å². The number of hydrogen-bond donors (Lipinski definition) is 2. The Kier molecular flexibility index (Phi) is 7.78. The molecule has 0 fully saturated rings. The lowest BCUT2D eigenvalue weighted by molar-refractivity contribution is -0.251. The molecule has 0 spiro atoms. The van der Waals surface area contributed by atoms with Crippen molar-refractivity contribution in [2.45, 2.75) is 31.3 Å². The number of carbonyl (C=O) groups is 3. The first-order valence-corrected chi connectivity index (χ1v) is 10.4. The topological polar surface area (TPSA) is 137 Å². The van der Waals surface area contributed by atoms with Crippen LogP contribution >= 0.6 is 0 Å². The molecule has 0 radical (unpaired) electrons. The smallest absolute Gasteiger partial charge is 0.308 e. The average molecular weight is 453 g/mol. The van der Waals surface area contributed by atoms with Gasteiger partial charge in [0.05, 0.1) is 20.1 Å². The van der Waals surface area contributed by atoms with Gasteiger partial charge in [-0.3, -0.25) is 19.4 Å². The van der Waals surface area contributed by atoms with Crippen LogP contribution in [0.4, 0.5) is 0 Å². The Bertz CT molecular complexity index is 1020. The Labute approximate surface area is 191 Å². The van der Waals surface area contributed by atoms with Crippen LogP contribution in [0.25, 0.3) is 11.1 Å². The Morgan fingerprint density at radius 2 is 1.67 bits per heavy atom. The maximum absolute atomic E-state index is 12.5. The summed E-state index contributed by atoms with van der Waals surface area (Å²) in [5.74, 6) is -2.32. The molecule has 0 bridgehead atoms. The number of aliphatic hydroxyl groups is 1. The molecule has 0 aliphatic heterocycles. The number of nitrogens with zero attached hydrogens (tertiary/aromatic N) is 1. The van der Waals surface area contributed by atoms with Crippen molar-refractivity contribution in [2.24, 2.45) is 4.99 Å². The monoisotopic (exact) mass is 453 g/mol. The molecule has 1 aliphatic rings. The van der Waals surface area contributed by atoms with Crippen molar-refractivity contribution in [1.82, 2.24) is 5.32 Å². The summed E-state index contributed by atoms with van der Waals surface area (Å²) in [5, 5.41) is 24.0. The van der Waals surface area contributed by atoms with Gasteiger partial charge in [0.25, 0.3) is 0 Å². The van der Waals surface area contributed by atoms with Gasteiger partial charge in [0, 0.05) is 12.5 Å². The van der Waals surface area contributed by atoms with Crippen molar-refractivity contribution in [3.05, 3.63) is 59.7 Å². The van der Waals surface area contributed by atoms with E-state index in [0.717, 1.165) is 29.4 Å². The van der Waals surface area contributed by atoms with Crippen LogP contribution in [-0.2, 0) is 23.9 Å². The summed E-state index contributed by atoms with van der Waals surface area (Å²) in [6.07, 6.45) is -1.55. The summed E-state index contributed by atoms with van der Waals surface area (Å²) in [4.78, 5) is 39.4. The van der Waals surface area contributed by atoms with Gasteiger partial charge in [-0.1, -0.05) is 48.5 Å². The van der Waals surface area contributed by atoms with Gasteiger partial charge in [-0.2, -0.15) is 0 Å². The van der Waals surface area contributed by atoms with Crippen LogP contribution in [0.5, 0.6) is 0 Å². The maximum Gasteiger partial charge on any atom is 0.308 e. The van der Waals surface area contributed by atoms with Gasteiger partial charge in [-0.25, -0.2) is 0 Å². The molecule has 1 aliphatic carbocycles. The van der Waals surface area contributed by atoms with Gasteiger partial charge in [-0.05, 0) is 29.2 Å². The van der Waals surface area contributed by atoms with Crippen LogP contribution in [0.15, 0.2) is 53.5 Å². The molecule has 2 aromatic rings. The summed E-state index contributed by atoms with van der Waals surface area (Å²) in [6.45, 7) is 0.561. The normalized spacial score (nSPS) is 14.6. The first kappa shape index (κ1) is 23.9. The first-order chi connectivity index (χ1) is 15.8. The summed E-state index contributed by atoms with van der Waals surface area (Å²) < 4.78 is 9.92. The zero-order valence-corrected chi connectivity index (χ0v) is 18.3. The molecular formula is C24H25N2O7-. The van der Waals surface area contributed by atoms with Crippen LogP contribution in [0.2, 0.25) is 0 Å². The van der Waals surface area contributed by atoms with E-state index in [1.165, 1.54) is 6.92 Å². The van der Waals surface area contributed by atoms with E-state index in [0.29, 0.717) is 0 Å². The van der Waals surface area contributed by atoms with E-state index < -0.39 is 48.9 Å². The molecule has 2 atom stereocenters. The van der Waals surface area contributed by atoms with E-state index in [2.05, 4.69) is 15.0 Å². The van der Waals surface area contributed by atoms with Gasteiger partial charge in [0.1, 0.15) is 18.2 Å². The number of aliphatic imine (C=N–C) groups is 1. The van der Waals surface area contributed by atoms with Crippen LogP contribution in [0, 0.1) is 0 Å². The molecule has 0 saturated heterocycles. The largest absolute Gasteiger partial charge is 0.599 e. The highest BCUT2D eigenvalue weighted by Gasteiger charge is 2.28. The number of nitrogens with one attached hydrogen (secondary N) is 1. The van der Waals surface area contributed by atoms with Crippen molar-refractivity contribution in [3.8, 4) is 11.1 Å². The third-order valence-electron chi connectivity index (χ3n) is 5.48. The second-order valence-corrected chi connectivity index (χ2v) is 7.58. The minimum Gasteiger partial charge on any atom is -0.599 e. The predicted molar refractivity (Wildman–Crippen MR) is 117 cm³/mol. The first-order valence-electron chi connectivity index (χ1n) is 10.4. The predicted octanol–water partition coefficient (Wildman–Crippen LogP) is 0.530. The van der Waals surface area contributed by atoms with Crippen molar-refractivity contribution >= 4 is 23.7 Å². The number of Topliss-reactive ketones (excluding diaryl/α,β-unsaturated/α-hetero) is 1. The quantitative estimate of drug-likeness (QED) is 0.321. The highest BCUT2D eigenvalue weighted by Crippen LogP contribution is 2.44. The fraction of sp³-hybridized carbons (Fsp3) is 0.333. The van der Waals surface area contributed by atoms with E-state index in [9.17, 15) is 24.6 Å². The lowest BCUT2D eigenvalue weighted by Gasteiger charge is -2.23. The number of aliphatic hydroxyl groups excluding tert-OH is 1. The lowest BCUT2D eigenvalue weighted by Crippen LogP contribution is -2.47. The summed E-state index contributed by atoms with van der Waals surface area (Å²) in [6, 6.07) is 13.0. The van der Waals surface area contributed by atoms with Crippen molar-refractivity contribution < 1.29 is 34.1 Å². The number of rotatable bonds is 9. The van der Waals surface area contributed by atoms with Crippen LogP contribution in [0.3, 0.4) is 0 Å². The zero-order valence-electron chi connectivity index (χ0n) is 18.3. The van der Waals surface area contributed by atoms with Crippen molar-refractivity contribution in [1.29, 1.82) is 0 Å². The Balaban J connectivity index is 1.76. The van der Waals surface area contributed by atoms with Crippen molar-refractivity contribution in [3.63, 3.8) is 0 Å². The van der Waals surface area contributed by atoms with Crippen molar-refractivity contribution in [2.75, 3.05) is 20.3 Å². The molecule has 9 nitrogen and oxygen atoms in total. The number of carbonyl (C=O) groups excluding carboxylic acids is 3. The summed E-state index contributed by atoms with van der Waals surface area (Å²) in [5.41, 5.74) is 4.16. The molecule has 2 aromatic carbocycles. The molecule has 9 heteroatoms. The molecular weight excluding hydrogens is 428 g/mol. The number of hydrogen-bond acceptors (Lipinski definition) is 8. The number of ketones is 1. The van der Waals surface area contributed by atoms with Gasteiger partial charge in [0.15, 0.2) is 5.78 Å². The molecule has 0 saturated carbocycles. The van der Waals surface area contributed by atoms with Gasteiger partial charge in [-0.15, -0.1) is 0 Å². The minimum atomic E-state index is -1.47. The van der Waals surface area contributed by atoms with Gasteiger partial charge >= 0.3 is 5.97 Å². The SMILES string of the molecule is COC(=O)C[C@H](N=C([O-])OCC1c2ccccc2-c2ccccc21)C(=O)N[C@@H](CO)C(C)=O. The fourth-order valence-corrected chi connectivity index (χ4v) is 3.74. The molecule has 0 aromatic heterocycles. The van der Waals surface area contributed by atoms with E-state index in [-0.39, 0.29) is 12.5 Å². The number of esters is 1. The van der Waals surface area contributed by atoms with Gasteiger partial charge in [0.2, 0.25) is 5.91 Å². The van der Waals surface area contributed by atoms with Gasteiger partial charge < -0.3 is 25.0 Å². The highest BCUT2D eigenvalue weighted by atomic mass is 16.6. The summed E-state index contributed by atoms with van der Waals surface area (Å²) in [7, 11) is 1.14. The number of ether oxygens (including phenoxy) is 2. The molecule has 0 heterocycles. The van der Waals surface area contributed by atoms with Crippen LogP contribution < -0.4 is 10.4 Å². The van der Waals surface area contributed by atoms with E-state index in [1.54, 1.807) is 0 Å². The molecule has 2 N–H and O–H groups in total. The van der Waals surface area contributed by atoms with E-state index in [1.807, 2.05) is 48.5 Å². The minimum absolute atomic E-state index is 0.00433. The molecule has 3 rings (SSSR count). The highest BCUT2D eigenvalue weighted by molar-refractivity contribution is 5.92. The Morgan fingerprint density at radius 1 is 1.09 bits per heavy atom. The van der Waals surface area contributed by atoms with Crippen LogP contribution in [-0.4, -0.2) is 61.3 Å². The average Bonchev–Trinajstić information content (AvgIpc) is 3.14. The third-order valence-corrected chi connectivity index (χ3v) is 5.48. The standard InChI is InChI=1S/C24H26N2O7/c1-14(28)21(12-27)25-23(30)20(11-22(29)32-2)26-24(31)33-13-19-17-9-5-3-7-15(17)16-8-4-6-10-18(16)19/h3-10,19-21,27H,11-13H2,1-2H3,(H,25,30)(H,26,31)/p-1/t20-,21-/m0/s1. The maximum atomic E-state index is 12.5. The fourth-order valence-electron chi connectivity index (χ4n) is 3.74. The second-order valence-electron chi connectivity index (χ2n) is 7.58. The molecule has 1 amide bonds. The summed E-state index contributed by atoms with van der Waals surface area (Å²) >= 11 is 0.